The first-order valence-corrected chi connectivity index (χ1v) is 7.17. The Balaban J connectivity index is 2.24. The minimum absolute atomic E-state index is 0.187. The van der Waals surface area contributed by atoms with Crippen LogP contribution >= 0.6 is 15.9 Å². The summed E-state index contributed by atoms with van der Waals surface area (Å²) in [5.41, 5.74) is 1.07. The smallest absolute Gasteiger partial charge is 0.254 e. The zero-order chi connectivity index (χ0) is 15.6. The standard InChI is InChI=1S/C16H14BrF2NO/c1-10(11-6-7-14(18)15(19)9-11)20(2)16(21)12-4-3-5-13(17)8-12/h3-10H,1-2H3. The summed E-state index contributed by atoms with van der Waals surface area (Å²) in [5.74, 6) is -2.00. The van der Waals surface area contributed by atoms with Crippen LogP contribution in [0.15, 0.2) is 46.9 Å². The predicted molar refractivity (Wildman–Crippen MR) is 81.0 cm³/mol. The van der Waals surface area contributed by atoms with Gasteiger partial charge in [0.1, 0.15) is 0 Å². The molecule has 0 aliphatic heterocycles. The summed E-state index contributed by atoms with van der Waals surface area (Å²) in [5, 5.41) is 0. The average molecular weight is 354 g/mol. The van der Waals surface area contributed by atoms with Crippen LogP contribution in [0.5, 0.6) is 0 Å². The van der Waals surface area contributed by atoms with E-state index in [0.717, 1.165) is 16.6 Å². The van der Waals surface area contributed by atoms with Gasteiger partial charge in [0.25, 0.3) is 5.91 Å². The van der Waals surface area contributed by atoms with Crippen LogP contribution in [0.1, 0.15) is 28.9 Å². The topological polar surface area (TPSA) is 20.3 Å². The van der Waals surface area contributed by atoms with Crippen molar-refractivity contribution in [1.82, 2.24) is 4.90 Å². The second kappa shape index (κ2) is 6.35. The highest BCUT2D eigenvalue weighted by Gasteiger charge is 2.20. The van der Waals surface area contributed by atoms with Crippen molar-refractivity contribution in [1.29, 1.82) is 0 Å². The van der Waals surface area contributed by atoms with Crippen LogP contribution in [-0.2, 0) is 0 Å². The van der Waals surface area contributed by atoms with Crippen molar-refractivity contribution in [3.8, 4) is 0 Å². The predicted octanol–water partition coefficient (Wildman–Crippen LogP) is 4.56. The SMILES string of the molecule is CC(c1ccc(F)c(F)c1)N(C)C(=O)c1cccc(Br)c1. The molecule has 2 nitrogen and oxygen atoms in total. The first-order valence-electron chi connectivity index (χ1n) is 6.38. The number of carbonyl (C=O) groups excluding carboxylic acids is 1. The lowest BCUT2D eigenvalue weighted by atomic mass is 10.1. The van der Waals surface area contributed by atoms with Crippen LogP contribution < -0.4 is 0 Å². The zero-order valence-corrected chi connectivity index (χ0v) is 13.2. The van der Waals surface area contributed by atoms with Crippen molar-refractivity contribution in [2.45, 2.75) is 13.0 Å². The number of amides is 1. The van der Waals surface area contributed by atoms with Gasteiger partial charge in [-0.15, -0.1) is 0 Å². The molecule has 2 aromatic carbocycles. The maximum Gasteiger partial charge on any atom is 0.254 e. The zero-order valence-electron chi connectivity index (χ0n) is 11.6. The molecule has 2 rings (SSSR count). The maximum absolute atomic E-state index is 13.3. The molecule has 0 spiro atoms. The van der Waals surface area contributed by atoms with Gasteiger partial charge in [0, 0.05) is 17.1 Å². The van der Waals surface area contributed by atoms with E-state index in [2.05, 4.69) is 15.9 Å². The number of rotatable bonds is 3. The Hall–Kier alpha value is -1.75. The normalized spacial score (nSPS) is 12.0. The number of nitrogens with zero attached hydrogens (tertiary/aromatic N) is 1. The monoisotopic (exact) mass is 353 g/mol. The van der Waals surface area contributed by atoms with Crippen LogP contribution in [0.2, 0.25) is 0 Å². The number of halogens is 3. The second-order valence-electron chi connectivity index (χ2n) is 4.78. The van der Waals surface area contributed by atoms with E-state index >= 15 is 0 Å². The third kappa shape index (κ3) is 3.47. The number of hydrogen-bond donors (Lipinski definition) is 0. The van der Waals surface area contributed by atoms with Crippen molar-refractivity contribution in [2.24, 2.45) is 0 Å². The molecular weight excluding hydrogens is 340 g/mol. The molecule has 0 fully saturated rings. The second-order valence-corrected chi connectivity index (χ2v) is 5.69. The molecule has 0 bridgehead atoms. The highest BCUT2D eigenvalue weighted by Crippen LogP contribution is 2.23. The van der Waals surface area contributed by atoms with E-state index in [-0.39, 0.29) is 11.9 Å². The van der Waals surface area contributed by atoms with E-state index in [4.69, 9.17) is 0 Å². The van der Waals surface area contributed by atoms with E-state index < -0.39 is 11.6 Å². The first-order chi connectivity index (χ1) is 9.90. The molecule has 110 valence electrons. The molecule has 0 aliphatic rings. The van der Waals surface area contributed by atoms with Crippen LogP contribution in [0.3, 0.4) is 0 Å². The van der Waals surface area contributed by atoms with Gasteiger partial charge < -0.3 is 4.90 Å². The molecule has 0 heterocycles. The molecule has 0 saturated carbocycles. The molecule has 1 unspecified atom stereocenters. The van der Waals surface area contributed by atoms with Gasteiger partial charge in [0.2, 0.25) is 0 Å². The van der Waals surface area contributed by atoms with Crippen molar-refractivity contribution < 1.29 is 13.6 Å². The molecule has 1 atom stereocenters. The van der Waals surface area contributed by atoms with E-state index in [1.807, 2.05) is 6.07 Å². The van der Waals surface area contributed by atoms with E-state index in [1.165, 1.54) is 11.0 Å². The first kappa shape index (κ1) is 15.6. The Morgan fingerprint density at radius 1 is 1.14 bits per heavy atom. The van der Waals surface area contributed by atoms with Crippen LogP contribution in [0, 0.1) is 11.6 Å². The Morgan fingerprint density at radius 2 is 1.86 bits per heavy atom. The summed E-state index contributed by atoms with van der Waals surface area (Å²) in [6.07, 6.45) is 0. The fourth-order valence-corrected chi connectivity index (χ4v) is 2.40. The summed E-state index contributed by atoms with van der Waals surface area (Å²) in [4.78, 5) is 13.9. The van der Waals surface area contributed by atoms with Crippen LogP contribution in [0.4, 0.5) is 8.78 Å². The third-order valence-corrected chi connectivity index (χ3v) is 3.89. The quantitative estimate of drug-likeness (QED) is 0.791. The van der Waals surface area contributed by atoms with Gasteiger partial charge in [0.05, 0.1) is 6.04 Å². The molecule has 0 aliphatic carbocycles. The van der Waals surface area contributed by atoms with Gasteiger partial charge in [-0.25, -0.2) is 8.78 Å². The third-order valence-electron chi connectivity index (χ3n) is 3.40. The molecule has 0 N–H and O–H groups in total. The molecular formula is C16H14BrF2NO. The summed E-state index contributed by atoms with van der Waals surface area (Å²) < 4.78 is 27.1. The number of hydrogen-bond acceptors (Lipinski definition) is 1. The van der Waals surface area contributed by atoms with E-state index in [1.54, 1.807) is 32.2 Å². The van der Waals surface area contributed by atoms with E-state index in [9.17, 15) is 13.6 Å². The minimum atomic E-state index is -0.914. The van der Waals surface area contributed by atoms with Gasteiger partial charge in [0.15, 0.2) is 11.6 Å². The summed E-state index contributed by atoms with van der Waals surface area (Å²) in [7, 11) is 1.63. The highest BCUT2D eigenvalue weighted by atomic mass is 79.9. The summed E-state index contributed by atoms with van der Waals surface area (Å²) >= 11 is 3.32. The Morgan fingerprint density at radius 3 is 2.48 bits per heavy atom. The summed E-state index contributed by atoms with van der Waals surface area (Å²) in [6, 6.07) is 10.3. The van der Waals surface area contributed by atoms with Gasteiger partial charge in [-0.3, -0.25) is 4.79 Å². The van der Waals surface area contributed by atoms with Crippen molar-refractivity contribution in [2.75, 3.05) is 7.05 Å². The van der Waals surface area contributed by atoms with Gasteiger partial charge in [-0.1, -0.05) is 28.1 Å². The molecule has 0 radical (unpaired) electrons. The Labute approximate surface area is 130 Å². The van der Waals surface area contributed by atoms with Crippen LogP contribution in [-0.4, -0.2) is 17.9 Å². The largest absolute Gasteiger partial charge is 0.335 e. The average Bonchev–Trinajstić information content (AvgIpc) is 2.47. The van der Waals surface area contributed by atoms with Crippen molar-refractivity contribution >= 4 is 21.8 Å². The molecule has 5 heteroatoms. The Bertz CT molecular complexity index is 675. The fourth-order valence-electron chi connectivity index (χ4n) is 2.00. The lowest BCUT2D eigenvalue weighted by Crippen LogP contribution is -2.29. The fraction of sp³-hybridized carbons (Fsp3) is 0.188. The number of benzene rings is 2. The van der Waals surface area contributed by atoms with Gasteiger partial charge in [-0.05, 0) is 42.8 Å². The lowest BCUT2D eigenvalue weighted by Gasteiger charge is -2.25. The van der Waals surface area contributed by atoms with Gasteiger partial charge >= 0.3 is 0 Å². The van der Waals surface area contributed by atoms with Crippen molar-refractivity contribution in [3.63, 3.8) is 0 Å². The summed E-state index contributed by atoms with van der Waals surface area (Å²) in [6.45, 7) is 1.77. The van der Waals surface area contributed by atoms with Crippen LogP contribution in [0.25, 0.3) is 0 Å². The molecule has 2 aromatic rings. The maximum atomic E-state index is 13.3. The minimum Gasteiger partial charge on any atom is -0.335 e. The Kier molecular flexibility index (Phi) is 4.73. The highest BCUT2D eigenvalue weighted by molar-refractivity contribution is 9.10. The molecule has 1 amide bonds. The lowest BCUT2D eigenvalue weighted by molar-refractivity contribution is 0.0742. The number of carbonyl (C=O) groups is 1. The molecule has 0 saturated heterocycles. The van der Waals surface area contributed by atoms with Gasteiger partial charge in [-0.2, -0.15) is 0 Å². The molecule has 21 heavy (non-hydrogen) atoms. The van der Waals surface area contributed by atoms with Crippen molar-refractivity contribution in [3.05, 3.63) is 69.7 Å². The van der Waals surface area contributed by atoms with E-state index in [0.29, 0.717) is 11.1 Å². The molecule has 0 aromatic heterocycles.